The molecule has 0 aromatic carbocycles. The van der Waals surface area contributed by atoms with Gasteiger partial charge in [-0.25, -0.2) is 4.98 Å². The van der Waals surface area contributed by atoms with Crippen LogP contribution in [0.5, 0.6) is 5.88 Å². The zero-order valence-electron chi connectivity index (χ0n) is 10.3. The minimum atomic E-state index is -1.13. The van der Waals surface area contributed by atoms with E-state index in [-0.39, 0.29) is 0 Å². The Kier molecular flexibility index (Phi) is 3.49. The first-order valence-corrected chi connectivity index (χ1v) is 5.78. The number of carboxylic acids is 1. The number of nitrogens with zero attached hydrogens (tertiary/aromatic N) is 2. The molecule has 0 bridgehead atoms. The second-order valence-corrected chi connectivity index (χ2v) is 4.59. The van der Waals surface area contributed by atoms with Crippen LogP contribution in [0.1, 0.15) is 12.0 Å². The van der Waals surface area contributed by atoms with Crippen molar-refractivity contribution in [2.45, 2.75) is 18.5 Å². The van der Waals surface area contributed by atoms with Crippen molar-refractivity contribution in [3.05, 3.63) is 23.9 Å². The number of aliphatic carboxylic acids is 1. The van der Waals surface area contributed by atoms with Crippen LogP contribution in [0.3, 0.4) is 0 Å². The minimum absolute atomic E-state index is 0.348. The molecular weight excluding hydrogens is 234 g/mol. The summed E-state index contributed by atoms with van der Waals surface area (Å²) in [6.07, 6.45) is 2.13. The van der Waals surface area contributed by atoms with Gasteiger partial charge in [0.15, 0.2) is 0 Å². The third kappa shape index (κ3) is 2.44. The lowest BCUT2D eigenvalue weighted by Crippen LogP contribution is -2.50. The molecule has 98 valence electrons. The van der Waals surface area contributed by atoms with Gasteiger partial charge in [0, 0.05) is 31.4 Å². The number of hydrogen-bond acceptors (Lipinski definition) is 5. The van der Waals surface area contributed by atoms with E-state index in [1.54, 1.807) is 13.3 Å². The Bertz CT molecular complexity index is 452. The van der Waals surface area contributed by atoms with E-state index in [0.717, 1.165) is 5.56 Å². The van der Waals surface area contributed by atoms with Crippen molar-refractivity contribution in [3.63, 3.8) is 0 Å². The molecular formula is C12H17N3O3. The Morgan fingerprint density at radius 3 is 3.11 bits per heavy atom. The lowest BCUT2D eigenvalue weighted by Gasteiger charge is -2.20. The van der Waals surface area contributed by atoms with Crippen LogP contribution < -0.4 is 10.5 Å². The Morgan fingerprint density at radius 1 is 1.72 bits per heavy atom. The normalized spacial score (nSPS) is 24.1. The maximum Gasteiger partial charge on any atom is 0.325 e. The van der Waals surface area contributed by atoms with Crippen molar-refractivity contribution in [2.75, 3.05) is 20.2 Å². The summed E-state index contributed by atoms with van der Waals surface area (Å²) in [5, 5.41) is 9.07. The van der Waals surface area contributed by atoms with E-state index in [4.69, 9.17) is 15.6 Å². The summed E-state index contributed by atoms with van der Waals surface area (Å²) in [7, 11) is 1.57. The van der Waals surface area contributed by atoms with Crippen LogP contribution in [0.2, 0.25) is 0 Å². The third-order valence-corrected chi connectivity index (χ3v) is 3.24. The van der Waals surface area contributed by atoms with E-state index in [2.05, 4.69) is 4.98 Å². The number of ether oxygens (including phenoxy) is 1. The molecule has 1 aromatic heterocycles. The van der Waals surface area contributed by atoms with Crippen LogP contribution >= 0.6 is 0 Å². The average molecular weight is 251 g/mol. The zero-order valence-corrected chi connectivity index (χ0v) is 10.3. The predicted molar refractivity (Wildman–Crippen MR) is 65.2 cm³/mol. The summed E-state index contributed by atoms with van der Waals surface area (Å²) in [5.74, 6) is -0.370. The Hall–Kier alpha value is -1.66. The molecule has 2 rings (SSSR count). The minimum Gasteiger partial charge on any atom is -0.481 e. The summed E-state index contributed by atoms with van der Waals surface area (Å²) in [6, 6.07) is 3.75. The van der Waals surface area contributed by atoms with Gasteiger partial charge in [-0.2, -0.15) is 0 Å². The van der Waals surface area contributed by atoms with Crippen LogP contribution in [0.25, 0.3) is 0 Å². The molecule has 1 aromatic rings. The molecule has 1 aliphatic heterocycles. The summed E-state index contributed by atoms with van der Waals surface area (Å²) in [6.45, 7) is 1.62. The van der Waals surface area contributed by atoms with E-state index in [1.807, 2.05) is 17.0 Å². The topological polar surface area (TPSA) is 88.7 Å². The van der Waals surface area contributed by atoms with Crippen LogP contribution in [-0.4, -0.2) is 46.7 Å². The molecule has 1 unspecified atom stereocenters. The van der Waals surface area contributed by atoms with Crippen LogP contribution in [-0.2, 0) is 11.3 Å². The van der Waals surface area contributed by atoms with Crippen molar-refractivity contribution in [1.82, 2.24) is 9.88 Å². The second-order valence-electron chi connectivity index (χ2n) is 4.59. The van der Waals surface area contributed by atoms with E-state index < -0.39 is 11.5 Å². The number of methoxy groups -OCH3 is 1. The molecule has 1 saturated heterocycles. The number of carbonyl (C=O) groups is 1. The molecule has 0 saturated carbocycles. The van der Waals surface area contributed by atoms with Gasteiger partial charge in [0.2, 0.25) is 5.88 Å². The number of hydrogen-bond donors (Lipinski definition) is 2. The highest BCUT2D eigenvalue weighted by Gasteiger charge is 2.41. The first-order chi connectivity index (χ1) is 8.55. The smallest absolute Gasteiger partial charge is 0.325 e. The van der Waals surface area contributed by atoms with Gasteiger partial charge in [0.25, 0.3) is 0 Å². The van der Waals surface area contributed by atoms with E-state index in [0.29, 0.717) is 31.9 Å². The monoisotopic (exact) mass is 251 g/mol. The molecule has 2 heterocycles. The van der Waals surface area contributed by atoms with Gasteiger partial charge in [-0.3, -0.25) is 9.69 Å². The van der Waals surface area contributed by atoms with Crippen molar-refractivity contribution < 1.29 is 14.6 Å². The fraction of sp³-hybridized carbons (Fsp3) is 0.500. The summed E-state index contributed by atoms with van der Waals surface area (Å²) in [5.41, 5.74) is 5.64. The molecule has 1 atom stereocenters. The number of carboxylic acid groups (broad SMARTS) is 1. The van der Waals surface area contributed by atoms with Gasteiger partial charge in [-0.1, -0.05) is 6.07 Å². The van der Waals surface area contributed by atoms with Gasteiger partial charge < -0.3 is 15.6 Å². The van der Waals surface area contributed by atoms with Gasteiger partial charge in [0.1, 0.15) is 5.54 Å². The fourth-order valence-corrected chi connectivity index (χ4v) is 2.19. The molecule has 0 spiro atoms. The first-order valence-electron chi connectivity index (χ1n) is 5.78. The number of likely N-dealkylation sites (tertiary alicyclic amines) is 1. The van der Waals surface area contributed by atoms with Crippen molar-refractivity contribution in [1.29, 1.82) is 0 Å². The number of aromatic nitrogens is 1. The van der Waals surface area contributed by atoms with Crippen molar-refractivity contribution in [2.24, 2.45) is 5.73 Å². The Morgan fingerprint density at radius 2 is 2.50 bits per heavy atom. The molecule has 0 amide bonds. The maximum absolute atomic E-state index is 11.1. The first kappa shape index (κ1) is 12.8. The van der Waals surface area contributed by atoms with E-state index in [1.165, 1.54) is 0 Å². The van der Waals surface area contributed by atoms with Crippen LogP contribution in [0.15, 0.2) is 18.3 Å². The molecule has 1 fully saturated rings. The number of pyridine rings is 1. The zero-order chi connectivity index (χ0) is 13.2. The van der Waals surface area contributed by atoms with Crippen LogP contribution in [0.4, 0.5) is 0 Å². The van der Waals surface area contributed by atoms with E-state index >= 15 is 0 Å². The Balaban J connectivity index is 2.06. The van der Waals surface area contributed by atoms with Gasteiger partial charge >= 0.3 is 5.97 Å². The maximum atomic E-state index is 11.1. The second kappa shape index (κ2) is 4.91. The lowest BCUT2D eigenvalue weighted by molar-refractivity contribution is -0.142. The fourth-order valence-electron chi connectivity index (χ4n) is 2.19. The van der Waals surface area contributed by atoms with Gasteiger partial charge in [-0.05, 0) is 12.5 Å². The molecule has 1 aliphatic rings. The Labute approximate surface area is 105 Å². The highest BCUT2D eigenvalue weighted by atomic mass is 16.5. The summed E-state index contributed by atoms with van der Waals surface area (Å²) >= 11 is 0. The van der Waals surface area contributed by atoms with Crippen molar-refractivity contribution >= 4 is 5.97 Å². The highest BCUT2D eigenvalue weighted by Crippen LogP contribution is 2.23. The SMILES string of the molecule is COc1ncccc1CN1CCC(N)(C(=O)O)C1. The molecule has 0 aliphatic carbocycles. The number of nitrogens with two attached hydrogens (primary N) is 1. The van der Waals surface area contributed by atoms with E-state index in [9.17, 15) is 4.79 Å². The molecule has 18 heavy (non-hydrogen) atoms. The van der Waals surface area contributed by atoms with Gasteiger partial charge in [0.05, 0.1) is 7.11 Å². The standard InChI is InChI=1S/C12H17N3O3/c1-18-10-9(3-2-5-14-10)7-15-6-4-12(13,8-15)11(16)17/h2-3,5H,4,6-8,13H2,1H3,(H,16,17). The molecule has 3 N–H and O–H groups in total. The molecule has 6 nitrogen and oxygen atoms in total. The summed E-state index contributed by atoms with van der Waals surface area (Å²) < 4.78 is 5.17. The predicted octanol–water partition coefficient (Wildman–Crippen LogP) is 0.0780. The average Bonchev–Trinajstić information content (AvgIpc) is 2.73. The summed E-state index contributed by atoms with van der Waals surface area (Å²) in [4.78, 5) is 17.2. The molecule has 6 heteroatoms. The van der Waals surface area contributed by atoms with Crippen molar-refractivity contribution in [3.8, 4) is 5.88 Å². The third-order valence-electron chi connectivity index (χ3n) is 3.24. The van der Waals surface area contributed by atoms with Crippen LogP contribution in [0, 0.1) is 0 Å². The largest absolute Gasteiger partial charge is 0.481 e. The highest BCUT2D eigenvalue weighted by molar-refractivity contribution is 5.79. The molecule has 0 radical (unpaired) electrons. The quantitative estimate of drug-likeness (QED) is 0.787. The van der Waals surface area contributed by atoms with Gasteiger partial charge in [-0.15, -0.1) is 0 Å². The number of rotatable bonds is 4. The lowest BCUT2D eigenvalue weighted by atomic mass is 10.0.